The van der Waals surface area contributed by atoms with Gasteiger partial charge in [-0.25, -0.2) is 0 Å². The van der Waals surface area contributed by atoms with Crippen molar-refractivity contribution in [3.05, 3.63) is 46.2 Å². The molecule has 2 saturated carbocycles. The van der Waals surface area contributed by atoms with Crippen LogP contribution in [0.3, 0.4) is 0 Å². The zero-order valence-corrected chi connectivity index (χ0v) is 9.93. The molecule has 16 heavy (non-hydrogen) atoms. The van der Waals surface area contributed by atoms with Crippen LogP contribution in [-0.4, -0.2) is 5.11 Å². The number of aliphatic hydroxyl groups excluding tert-OH is 1. The van der Waals surface area contributed by atoms with Crippen molar-refractivity contribution >= 4 is 11.6 Å². The summed E-state index contributed by atoms with van der Waals surface area (Å²) in [6.45, 7) is 0. The van der Waals surface area contributed by atoms with Gasteiger partial charge in [0.1, 0.15) is 5.76 Å². The van der Waals surface area contributed by atoms with Crippen molar-refractivity contribution in [1.29, 1.82) is 0 Å². The molecule has 0 atom stereocenters. The zero-order valence-electron chi connectivity index (χ0n) is 9.17. The van der Waals surface area contributed by atoms with E-state index in [-0.39, 0.29) is 5.41 Å². The highest BCUT2D eigenvalue weighted by Crippen LogP contribution is 2.52. The highest BCUT2D eigenvalue weighted by atomic mass is 35.5. The second-order valence-corrected chi connectivity index (χ2v) is 5.33. The van der Waals surface area contributed by atoms with E-state index >= 15 is 0 Å². The summed E-state index contributed by atoms with van der Waals surface area (Å²) in [7, 11) is 0. The third-order valence-electron chi connectivity index (χ3n) is 3.89. The van der Waals surface area contributed by atoms with Gasteiger partial charge in [0.2, 0.25) is 0 Å². The molecule has 2 heteroatoms. The zero-order chi connectivity index (χ0) is 11.2. The Kier molecular flexibility index (Phi) is 2.25. The van der Waals surface area contributed by atoms with Crippen molar-refractivity contribution in [3.8, 4) is 0 Å². The number of rotatable bonds is 2. The first-order chi connectivity index (χ1) is 7.72. The van der Waals surface area contributed by atoms with Crippen LogP contribution in [0.2, 0.25) is 5.02 Å². The fraction of sp³-hybridized carbons (Fsp3) is 0.429. The minimum absolute atomic E-state index is 0.0730. The summed E-state index contributed by atoms with van der Waals surface area (Å²) in [5.41, 5.74) is 2.41. The summed E-state index contributed by atoms with van der Waals surface area (Å²) in [6.07, 6.45) is 5.52. The second-order valence-electron chi connectivity index (χ2n) is 4.89. The van der Waals surface area contributed by atoms with Gasteiger partial charge in [-0.05, 0) is 49.0 Å². The van der Waals surface area contributed by atoms with Crippen molar-refractivity contribution in [3.63, 3.8) is 0 Å². The van der Waals surface area contributed by atoms with Crippen LogP contribution in [0.25, 0.3) is 0 Å². The van der Waals surface area contributed by atoms with Crippen LogP contribution in [0.4, 0.5) is 0 Å². The van der Waals surface area contributed by atoms with Crippen LogP contribution < -0.4 is 0 Å². The maximum absolute atomic E-state index is 10.3. The van der Waals surface area contributed by atoms with Crippen LogP contribution in [0.15, 0.2) is 35.6 Å². The van der Waals surface area contributed by atoms with E-state index < -0.39 is 0 Å². The summed E-state index contributed by atoms with van der Waals surface area (Å²) >= 11 is 5.90. The molecule has 2 fully saturated rings. The van der Waals surface area contributed by atoms with Gasteiger partial charge >= 0.3 is 0 Å². The number of benzene rings is 1. The van der Waals surface area contributed by atoms with Gasteiger partial charge in [0.25, 0.3) is 0 Å². The third kappa shape index (κ3) is 1.46. The van der Waals surface area contributed by atoms with Gasteiger partial charge in [-0.2, -0.15) is 0 Å². The lowest BCUT2D eigenvalue weighted by molar-refractivity contribution is 0.195. The van der Waals surface area contributed by atoms with Crippen LogP contribution in [0.5, 0.6) is 0 Å². The maximum Gasteiger partial charge on any atom is 0.102 e. The highest BCUT2D eigenvalue weighted by Gasteiger charge is 2.45. The molecule has 0 unspecified atom stereocenters. The van der Waals surface area contributed by atoms with E-state index in [0.717, 1.165) is 30.7 Å². The summed E-state index contributed by atoms with van der Waals surface area (Å²) in [5, 5.41) is 11.1. The SMILES string of the molecule is OC(=C1CC1)C1(c2ccc(Cl)cc2)CCC1. The molecule has 2 aliphatic carbocycles. The normalized spacial score (nSPS) is 21.4. The Morgan fingerprint density at radius 2 is 1.75 bits per heavy atom. The van der Waals surface area contributed by atoms with Crippen LogP contribution >= 0.6 is 11.6 Å². The van der Waals surface area contributed by atoms with Gasteiger partial charge < -0.3 is 5.11 Å². The molecule has 1 aromatic carbocycles. The van der Waals surface area contributed by atoms with Crippen molar-refractivity contribution in [2.75, 3.05) is 0 Å². The van der Waals surface area contributed by atoms with Gasteiger partial charge in [-0.15, -0.1) is 0 Å². The molecule has 1 N–H and O–H groups in total. The Morgan fingerprint density at radius 1 is 1.12 bits per heavy atom. The lowest BCUT2D eigenvalue weighted by Gasteiger charge is -2.42. The van der Waals surface area contributed by atoms with Gasteiger partial charge in [0, 0.05) is 5.02 Å². The van der Waals surface area contributed by atoms with Gasteiger partial charge in [0.15, 0.2) is 0 Å². The first-order valence-electron chi connectivity index (χ1n) is 5.90. The minimum Gasteiger partial charge on any atom is -0.511 e. The Labute approximate surface area is 101 Å². The number of hydrogen-bond donors (Lipinski definition) is 1. The predicted molar refractivity (Wildman–Crippen MR) is 65.9 cm³/mol. The number of aliphatic hydroxyl groups is 1. The Hall–Kier alpha value is -0.950. The summed E-state index contributed by atoms with van der Waals surface area (Å²) in [5.74, 6) is 0.654. The fourth-order valence-electron chi connectivity index (χ4n) is 2.60. The molecule has 0 heterocycles. The van der Waals surface area contributed by atoms with E-state index in [4.69, 9.17) is 11.6 Å². The van der Waals surface area contributed by atoms with E-state index in [9.17, 15) is 5.11 Å². The molecule has 1 aromatic rings. The van der Waals surface area contributed by atoms with E-state index in [1.54, 1.807) is 0 Å². The molecule has 1 nitrogen and oxygen atoms in total. The summed E-state index contributed by atoms with van der Waals surface area (Å²) in [4.78, 5) is 0. The van der Waals surface area contributed by atoms with Gasteiger partial charge in [-0.1, -0.05) is 30.2 Å². The monoisotopic (exact) mass is 234 g/mol. The Balaban J connectivity index is 2.02. The second kappa shape index (κ2) is 3.53. The van der Waals surface area contributed by atoms with E-state index in [1.165, 1.54) is 17.6 Å². The van der Waals surface area contributed by atoms with E-state index in [0.29, 0.717) is 5.76 Å². The lowest BCUT2D eigenvalue weighted by Crippen LogP contribution is -2.36. The number of hydrogen-bond acceptors (Lipinski definition) is 1. The molecule has 0 spiro atoms. The molecule has 0 radical (unpaired) electrons. The topological polar surface area (TPSA) is 20.2 Å². The quantitative estimate of drug-likeness (QED) is 0.754. The molecule has 3 rings (SSSR count). The smallest absolute Gasteiger partial charge is 0.102 e. The molecule has 0 amide bonds. The fourth-order valence-corrected chi connectivity index (χ4v) is 2.73. The molecule has 0 aromatic heterocycles. The van der Waals surface area contributed by atoms with Crippen LogP contribution in [-0.2, 0) is 5.41 Å². The molecular weight excluding hydrogens is 220 g/mol. The van der Waals surface area contributed by atoms with E-state index in [1.807, 2.05) is 12.1 Å². The predicted octanol–water partition coefficient (Wildman–Crippen LogP) is 4.37. The highest BCUT2D eigenvalue weighted by molar-refractivity contribution is 6.30. The third-order valence-corrected chi connectivity index (χ3v) is 4.14. The minimum atomic E-state index is -0.0730. The summed E-state index contributed by atoms with van der Waals surface area (Å²) in [6, 6.07) is 7.95. The number of halogens is 1. The van der Waals surface area contributed by atoms with Crippen molar-refractivity contribution in [2.45, 2.75) is 37.5 Å². The molecule has 0 saturated heterocycles. The molecule has 2 aliphatic rings. The van der Waals surface area contributed by atoms with Crippen LogP contribution in [0, 0.1) is 0 Å². The Bertz CT molecular complexity index is 434. The largest absolute Gasteiger partial charge is 0.511 e. The van der Waals surface area contributed by atoms with E-state index in [2.05, 4.69) is 12.1 Å². The van der Waals surface area contributed by atoms with Crippen molar-refractivity contribution in [1.82, 2.24) is 0 Å². The molecule has 0 aliphatic heterocycles. The van der Waals surface area contributed by atoms with Crippen LogP contribution in [0.1, 0.15) is 37.7 Å². The first-order valence-corrected chi connectivity index (χ1v) is 6.28. The molecular formula is C14H15ClO. The lowest BCUT2D eigenvalue weighted by atomic mass is 9.63. The average Bonchev–Trinajstić information content (AvgIpc) is 3.02. The van der Waals surface area contributed by atoms with Crippen molar-refractivity contribution in [2.24, 2.45) is 0 Å². The van der Waals surface area contributed by atoms with Gasteiger partial charge in [0.05, 0.1) is 5.41 Å². The average molecular weight is 235 g/mol. The van der Waals surface area contributed by atoms with Crippen molar-refractivity contribution < 1.29 is 5.11 Å². The standard InChI is InChI=1S/C14H15ClO/c15-12-6-4-11(5-7-12)14(8-1-9-14)13(16)10-2-3-10/h4-7,16H,1-3,8-9H2. The van der Waals surface area contributed by atoms with Gasteiger partial charge in [-0.3, -0.25) is 0 Å². The summed E-state index contributed by atoms with van der Waals surface area (Å²) < 4.78 is 0. The first kappa shape index (κ1) is 10.2. The maximum atomic E-state index is 10.3. The molecule has 84 valence electrons. The number of allylic oxidation sites excluding steroid dienone is 2. The molecule has 0 bridgehead atoms. The Morgan fingerprint density at radius 3 is 2.19 bits per heavy atom.